The Labute approximate surface area is 167 Å². The van der Waals surface area contributed by atoms with Gasteiger partial charge in [0.1, 0.15) is 18.1 Å². The summed E-state index contributed by atoms with van der Waals surface area (Å²) in [5.41, 5.74) is 3.06. The van der Waals surface area contributed by atoms with Gasteiger partial charge in [-0.15, -0.1) is 0 Å². The van der Waals surface area contributed by atoms with Gasteiger partial charge in [0.15, 0.2) is 0 Å². The van der Waals surface area contributed by atoms with E-state index in [-0.39, 0.29) is 29.8 Å². The number of hydrazone groups is 1. The third kappa shape index (κ3) is 2.54. The summed E-state index contributed by atoms with van der Waals surface area (Å²) in [5.74, 6) is 2.27. The maximum atomic E-state index is 14.6. The van der Waals surface area contributed by atoms with E-state index in [0.29, 0.717) is 23.4 Å². The lowest BCUT2D eigenvalue weighted by atomic mass is 9.80. The SMILES string of the molecule is CC1(C)CCC(c2noc(C3=NNC4C5CCCCC5n5c(cnc5F)N34)n2)O1. The predicted molar refractivity (Wildman–Crippen MR) is 101 cm³/mol. The lowest BCUT2D eigenvalue weighted by Crippen LogP contribution is -2.54. The van der Waals surface area contributed by atoms with Gasteiger partial charge in [-0.25, -0.2) is 4.98 Å². The van der Waals surface area contributed by atoms with Crippen LogP contribution in [0.3, 0.4) is 0 Å². The molecule has 4 unspecified atom stereocenters. The fourth-order valence-corrected chi connectivity index (χ4v) is 5.32. The average Bonchev–Trinajstić information content (AvgIpc) is 3.46. The third-order valence-corrected chi connectivity index (χ3v) is 6.70. The summed E-state index contributed by atoms with van der Waals surface area (Å²) in [5, 5.41) is 8.66. The van der Waals surface area contributed by atoms with Crippen LogP contribution in [0.2, 0.25) is 0 Å². The van der Waals surface area contributed by atoms with Crippen LogP contribution in [0, 0.1) is 12.0 Å². The molecule has 6 rings (SSSR count). The highest BCUT2D eigenvalue weighted by Crippen LogP contribution is 2.46. The number of nitrogens with one attached hydrogen (secondary N) is 1. The quantitative estimate of drug-likeness (QED) is 0.827. The number of amidine groups is 1. The first-order valence-electron chi connectivity index (χ1n) is 10.4. The molecular formula is C19H24FN7O2. The molecule has 2 aromatic heterocycles. The van der Waals surface area contributed by atoms with Crippen LogP contribution in [0.4, 0.5) is 10.2 Å². The molecule has 0 radical (unpaired) electrons. The predicted octanol–water partition coefficient (Wildman–Crippen LogP) is 2.88. The molecule has 9 nitrogen and oxygen atoms in total. The van der Waals surface area contributed by atoms with Crippen LogP contribution in [0.25, 0.3) is 0 Å². The smallest absolute Gasteiger partial charge is 0.295 e. The molecule has 1 saturated heterocycles. The Kier molecular flexibility index (Phi) is 3.60. The summed E-state index contributed by atoms with van der Waals surface area (Å²) in [6, 6.07) is 0.0944. The number of aromatic nitrogens is 4. The lowest BCUT2D eigenvalue weighted by Gasteiger charge is -2.45. The zero-order chi connectivity index (χ0) is 19.8. The Morgan fingerprint density at radius 3 is 2.93 bits per heavy atom. The Balaban J connectivity index is 1.35. The molecule has 2 fully saturated rings. The maximum absolute atomic E-state index is 14.6. The number of halogens is 1. The molecule has 1 N–H and O–H groups in total. The summed E-state index contributed by atoms with van der Waals surface area (Å²) >= 11 is 0. The highest BCUT2D eigenvalue weighted by atomic mass is 19.1. The van der Waals surface area contributed by atoms with Crippen molar-refractivity contribution >= 4 is 11.7 Å². The monoisotopic (exact) mass is 401 g/mol. The fraction of sp³-hybridized carbons (Fsp3) is 0.684. The van der Waals surface area contributed by atoms with Crippen LogP contribution < -0.4 is 10.3 Å². The van der Waals surface area contributed by atoms with E-state index < -0.39 is 6.08 Å². The maximum Gasteiger partial charge on any atom is 0.295 e. The standard InChI is InChI=1S/C19H24FN7O2/c1-19(2)8-7-12(28-19)14-22-17(29-25-14)16-24-23-15-10-5-3-4-6-11(10)26-13(27(15)16)9-21-18(26)20/h9-12,15,23H,3-8H2,1-2H3. The van der Waals surface area contributed by atoms with Crippen molar-refractivity contribution in [3.63, 3.8) is 0 Å². The van der Waals surface area contributed by atoms with Crippen molar-refractivity contribution in [1.82, 2.24) is 25.1 Å². The van der Waals surface area contributed by atoms with Crippen LogP contribution in [0.1, 0.15) is 76.2 Å². The summed E-state index contributed by atoms with van der Waals surface area (Å²) < 4.78 is 27.9. The van der Waals surface area contributed by atoms with Crippen molar-refractivity contribution in [2.75, 3.05) is 4.90 Å². The van der Waals surface area contributed by atoms with E-state index in [9.17, 15) is 4.39 Å². The number of fused-ring (bicyclic) bond motifs is 6. The molecule has 4 atom stereocenters. The number of hydrogen-bond donors (Lipinski definition) is 1. The summed E-state index contributed by atoms with van der Waals surface area (Å²) in [6.07, 6.45) is 6.87. The molecule has 2 aromatic rings. The van der Waals surface area contributed by atoms with Gasteiger partial charge in [-0.2, -0.15) is 14.5 Å². The summed E-state index contributed by atoms with van der Waals surface area (Å²) in [7, 11) is 0. The number of nitrogens with zero attached hydrogens (tertiary/aromatic N) is 6. The molecule has 0 spiro atoms. The highest BCUT2D eigenvalue weighted by Gasteiger charge is 2.49. The van der Waals surface area contributed by atoms with Crippen molar-refractivity contribution in [3.05, 3.63) is 24.0 Å². The first-order valence-corrected chi connectivity index (χ1v) is 10.4. The van der Waals surface area contributed by atoms with Crippen molar-refractivity contribution < 1.29 is 13.7 Å². The number of imidazole rings is 1. The molecule has 154 valence electrons. The second kappa shape index (κ2) is 6.01. The van der Waals surface area contributed by atoms with Crippen molar-refractivity contribution in [2.24, 2.45) is 11.0 Å². The van der Waals surface area contributed by atoms with E-state index >= 15 is 0 Å². The molecule has 29 heavy (non-hydrogen) atoms. The van der Waals surface area contributed by atoms with Gasteiger partial charge >= 0.3 is 0 Å². The van der Waals surface area contributed by atoms with Gasteiger partial charge in [-0.3, -0.25) is 14.9 Å². The van der Waals surface area contributed by atoms with Gasteiger partial charge in [0.25, 0.3) is 12.0 Å². The first kappa shape index (κ1) is 17.4. The van der Waals surface area contributed by atoms with Gasteiger partial charge in [-0.1, -0.05) is 18.0 Å². The van der Waals surface area contributed by atoms with Crippen molar-refractivity contribution in [3.8, 4) is 0 Å². The second-order valence-electron chi connectivity index (χ2n) is 9.01. The van der Waals surface area contributed by atoms with E-state index in [1.54, 1.807) is 10.8 Å². The Morgan fingerprint density at radius 2 is 2.10 bits per heavy atom. The van der Waals surface area contributed by atoms with E-state index in [2.05, 4.69) is 39.5 Å². The van der Waals surface area contributed by atoms with Crippen LogP contribution in [-0.4, -0.2) is 37.3 Å². The van der Waals surface area contributed by atoms with Gasteiger partial charge < -0.3 is 9.26 Å². The molecule has 0 aromatic carbocycles. The zero-order valence-electron chi connectivity index (χ0n) is 16.5. The highest BCUT2D eigenvalue weighted by molar-refractivity contribution is 6.08. The van der Waals surface area contributed by atoms with Crippen molar-refractivity contribution in [2.45, 2.75) is 76.3 Å². The third-order valence-electron chi connectivity index (χ3n) is 6.70. The van der Waals surface area contributed by atoms with E-state index in [1.165, 1.54) is 0 Å². The number of anilines is 1. The molecule has 3 aliphatic heterocycles. The van der Waals surface area contributed by atoms with E-state index in [0.717, 1.165) is 38.5 Å². The van der Waals surface area contributed by atoms with Gasteiger partial charge in [-0.05, 0) is 39.5 Å². The molecule has 1 aliphatic carbocycles. The second-order valence-corrected chi connectivity index (χ2v) is 9.01. The van der Waals surface area contributed by atoms with Crippen LogP contribution >= 0.6 is 0 Å². The average molecular weight is 401 g/mol. The minimum absolute atomic E-state index is 0.0593. The topological polar surface area (TPSA) is 93.6 Å². The van der Waals surface area contributed by atoms with Gasteiger partial charge in [0.2, 0.25) is 11.7 Å². The molecule has 5 heterocycles. The molecule has 10 heteroatoms. The van der Waals surface area contributed by atoms with E-state index in [4.69, 9.17) is 9.26 Å². The lowest BCUT2D eigenvalue weighted by molar-refractivity contribution is -0.0207. The first-order chi connectivity index (χ1) is 14.0. The fourth-order valence-electron chi connectivity index (χ4n) is 5.32. The van der Waals surface area contributed by atoms with Crippen LogP contribution in [0.5, 0.6) is 0 Å². The number of ether oxygens (including phenoxy) is 1. The minimum Gasteiger partial charge on any atom is -0.364 e. The van der Waals surface area contributed by atoms with Gasteiger partial charge in [0, 0.05) is 12.0 Å². The Morgan fingerprint density at radius 1 is 1.24 bits per heavy atom. The molecular weight excluding hydrogens is 377 g/mol. The summed E-state index contributed by atoms with van der Waals surface area (Å²) in [6.45, 7) is 4.13. The number of rotatable bonds is 2. The normalized spacial score (nSPS) is 32.4. The zero-order valence-corrected chi connectivity index (χ0v) is 16.5. The molecule has 1 saturated carbocycles. The minimum atomic E-state index is -0.450. The summed E-state index contributed by atoms with van der Waals surface area (Å²) in [4.78, 5) is 10.5. The largest absolute Gasteiger partial charge is 0.364 e. The molecule has 0 amide bonds. The van der Waals surface area contributed by atoms with Crippen molar-refractivity contribution in [1.29, 1.82) is 0 Å². The molecule has 0 bridgehead atoms. The Bertz CT molecular complexity index is 983. The Hall–Kier alpha value is -2.49. The number of hydrogen-bond acceptors (Lipinski definition) is 8. The van der Waals surface area contributed by atoms with Crippen LogP contribution in [-0.2, 0) is 4.74 Å². The van der Waals surface area contributed by atoms with Crippen LogP contribution in [0.15, 0.2) is 15.8 Å². The van der Waals surface area contributed by atoms with Gasteiger partial charge in [0.05, 0.1) is 11.8 Å². The van der Waals surface area contributed by atoms with E-state index in [1.807, 2.05) is 4.90 Å². The molecule has 4 aliphatic rings.